The van der Waals surface area contributed by atoms with E-state index in [2.05, 4.69) is 37.2 Å². The third kappa shape index (κ3) is 3.22. The maximum absolute atomic E-state index is 12.2. The van der Waals surface area contributed by atoms with Gasteiger partial charge >= 0.3 is 0 Å². The standard InChI is InChI=1S/C13H11Br2NOS/c1-8(9-4-5-18-7-9)16-13(17)11-6-10(14)2-3-12(11)15/h2-8H,1H3,(H,16,17). The molecule has 1 N–H and O–H groups in total. The normalized spacial score (nSPS) is 12.2. The minimum Gasteiger partial charge on any atom is -0.345 e. The zero-order valence-corrected chi connectivity index (χ0v) is 13.6. The first-order valence-electron chi connectivity index (χ1n) is 5.36. The van der Waals surface area contributed by atoms with Gasteiger partial charge in [-0.2, -0.15) is 11.3 Å². The van der Waals surface area contributed by atoms with Gasteiger partial charge in [-0.15, -0.1) is 0 Å². The molecule has 0 saturated carbocycles. The first-order valence-corrected chi connectivity index (χ1v) is 7.89. The van der Waals surface area contributed by atoms with Crippen LogP contribution in [-0.2, 0) is 0 Å². The molecular weight excluding hydrogens is 378 g/mol. The molecule has 2 rings (SSSR count). The van der Waals surface area contributed by atoms with Crippen molar-refractivity contribution in [2.45, 2.75) is 13.0 Å². The van der Waals surface area contributed by atoms with E-state index in [0.717, 1.165) is 14.5 Å². The van der Waals surface area contributed by atoms with Crippen LogP contribution in [0.3, 0.4) is 0 Å². The summed E-state index contributed by atoms with van der Waals surface area (Å²) >= 11 is 8.39. The number of thiophene rings is 1. The monoisotopic (exact) mass is 387 g/mol. The van der Waals surface area contributed by atoms with Crippen molar-refractivity contribution in [2.75, 3.05) is 0 Å². The van der Waals surface area contributed by atoms with E-state index in [1.807, 2.05) is 35.9 Å². The van der Waals surface area contributed by atoms with Gasteiger partial charge in [0.25, 0.3) is 5.91 Å². The van der Waals surface area contributed by atoms with Crippen LogP contribution in [0.4, 0.5) is 0 Å². The van der Waals surface area contributed by atoms with Crippen LogP contribution in [0.25, 0.3) is 0 Å². The lowest BCUT2D eigenvalue weighted by atomic mass is 10.1. The summed E-state index contributed by atoms with van der Waals surface area (Å²) in [6.45, 7) is 1.98. The fourth-order valence-corrected chi connectivity index (χ4v) is 3.09. The van der Waals surface area contributed by atoms with E-state index >= 15 is 0 Å². The van der Waals surface area contributed by atoms with Gasteiger partial charge < -0.3 is 5.32 Å². The van der Waals surface area contributed by atoms with Crippen molar-refractivity contribution in [3.63, 3.8) is 0 Å². The van der Waals surface area contributed by atoms with Crippen molar-refractivity contribution >= 4 is 49.1 Å². The van der Waals surface area contributed by atoms with E-state index < -0.39 is 0 Å². The Morgan fingerprint density at radius 1 is 1.33 bits per heavy atom. The number of rotatable bonds is 3. The number of amides is 1. The topological polar surface area (TPSA) is 29.1 Å². The Morgan fingerprint density at radius 2 is 2.11 bits per heavy atom. The molecule has 1 aromatic carbocycles. The molecule has 0 saturated heterocycles. The zero-order valence-electron chi connectivity index (χ0n) is 9.61. The summed E-state index contributed by atoms with van der Waals surface area (Å²) in [7, 11) is 0. The molecule has 0 aliphatic rings. The van der Waals surface area contributed by atoms with Crippen LogP contribution in [0.2, 0.25) is 0 Å². The lowest BCUT2D eigenvalue weighted by molar-refractivity contribution is 0.0939. The van der Waals surface area contributed by atoms with Crippen molar-refractivity contribution in [1.82, 2.24) is 5.32 Å². The molecule has 1 unspecified atom stereocenters. The second kappa shape index (κ2) is 5.99. The number of nitrogens with one attached hydrogen (secondary N) is 1. The Hall–Kier alpha value is -0.650. The maximum Gasteiger partial charge on any atom is 0.252 e. The lowest BCUT2D eigenvalue weighted by Gasteiger charge is -2.13. The van der Waals surface area contributed by atoms with E-state index in [-0.39, 0.29) is 11.9 Å². The van der Waals surface area contributed by atoms with Gasteiger partial charge in [0.2, 0.25) is 0 Å². The van der Waals surface area contributed by atoms with E-state index in [0.29, 0.717) is 5.56 Å². The molecule has 94 valence electrons. The molecule has 1 atom stereocenters. The average Bonchev–Trinajstić information content (AvgIpc) is 2.85. The Balaban J connectivity index is 2.15. The maximum atomic E-state index is 12.2. The van der Waals surface area contributed by atoms with Gasteiger partial charge in [-0.25, -0.2) is 0 Å². The van der Waals surface area contributed by atoms with E-state index in [9.17, 15) is 4.79 Å². The van der Waals surface area contributed by atoms with Crippen LogP contribution in [0.15, 0.2) is 44.0 Å². The summed E-state index contributed by atoms with van der Waals surface area (Å²) in [5.41, 5.74) is 1.76. The number of benzene rings is 1. The minimum atomic E-state index is -0.0816. The number of hydrogen-bond acceptors (Lipinski definition) is 2. The van der Waals surface area contributed by atoms with Gasteiger partial charge in [0, 0.05) is 8.95 Å². The van der Waals surface area contributed by atoms with Crippen LogP contribution in [0.5, 0.6) is 0 Å². The molecule has 2 aromatic rings. The number of hydrogen-bond donors (Lipinski definition) is 1. The molecule has 2 nitrogen and oxygen atoms in total. The van der Waals surface area contributed by atoms with E-state index in [4.69, 9.17) is 0 Å². The van der Waals surface area contributed by atoms with Crippen molar-refractivity contribution in [3.8, 4) is 0 Å². The molecule has 1 aromatic heterocycles. The second-order valence-corrected chi connectivity index (χ2v) is 6.43. The predicted molar refractivity (Wildman–Crippen MR) is 82.0 cm³/mol. The summed E-state index contributed by atoms with van der Waals surface area (Å²) in [5.74, 6) is -0.0816. The zero-order chi connectivity index (χ0) is 13.1. The Morgan fingerprint density at radius 3 is 2.78 bits per heavy atom. The number of carbonyl (C=O) groups excluding carboxylic acids is 1. The third-order valence-corrected chi connectivity index (χ3v) is 4.45. The molecule has 0 bridgehead atoms. The van der Waals surface area contributed by atoms with Crippen LogP contribution in [-0.4, -0.2) is 5.91 Å². The molecule has 18 heavy (non-hydrogen) atoms. The van der Waals surface area contributed by atoms with Crippen LogP contribution < -0.4 is 5.32 Å². The molecule has 5 heteroatoms. The van der Waals surface area contributed by atoms with Crippen LogP contribution >= 0.6 is 43.2 Å². The highest BCUT2D eigenvalue weighted by atomic mass is 79.9. The molecule has 0 fully saturated rings. The number of halogens is 2. The summed E-state index contributed by atoms with van der Waals surface area (Å²) in [5, 5.41) is 7.03. The first kappa shape index (κ1) is 13.8. The quantitative estimate of drug-likeness (QED) is 0.806. The highest BCUT2D eigenvalue weighted by Gasteiger charge is 2.14. The van der Waals surface area contributed by atoms with Crippen LogP contribution in [0.1, 0.15) is 28.9 Å². The predicted octanol–water partition coefficient (Wildman–Crippen LogP) is 4.76. The van der Waals surface area contributed by atoms with Gasteiger partial charge in [-0.05, 0) is 63.4 Å². The molecule has 0 radical (unpaired) electrons. The van der Waals surface area contributed by atoms with Gasteiger partial charge in [0.1, 0.15) is 0 Å². The van der Waals surface area contributed by atoms with Gasteiger partial charge in [-0.3, -0.25) is 4.79 Å². The Labute approximate surface area is 127 Å². The molecular formula is C13H11Br2NOS. The first-order chi connectivity index (χ1) is 8.58. The lowest BCUT2D eigenvalue weighted by Crippen LogP contribution is -2.26. The smallest absolute Gasteiger partial charge is 0.252 e. The van der Waals surface area contributed by atoms with E-state index in [1.165, 1.54) is 0 Å². The van der Waals surface area contributed by atoms with Crippen LogP contribution in [0, 0.1) is 0 Å². The Bertz CT molecular complexity index is 554. The second-order valence-electron chi connectivity index (χ2n) is 3.88. The molecule has 0 aliphatic heterocycles. The molecule has 1 heterocycles. The molecule has 0 aliphatic carbocycles. The summed E-state index contributed by atoms with van der Waals surface area (Å²) in [6.07, 6.45) is 0. The summed E-state index contributed by atoms with van der Waals surface area (Å²) in [6, 6.07) is 7.58. The minimum absolute atomic E-state index is 0.00892. The van der Waals surface area contributed by atoms with Gasteiger partial charge in [0.05, 0.1) is 11.6 Å². The fraction of sp³-hybridized carbons (Fsp3) is 0.154. The van der Waals surface area contributed by atoms with Gasteiger partial charge in [0.15, 0.2) is 0 Å². The molecule has 1 amide bonds. The van der Waals surface area contributed by atoms with Gasteiger partial charge in [-0.1, -0.05) is 15.9 Å². The van der Waals surface area contributed by atoms with E-state index in [1.54, 1.807) is 17.4 Å². The highest BCUT2D eigenvalue weighted by Crippen LogP contribution is 2.23. The highest BCUT2D eigenvalue weighted by molar-refractivity contribution is 9.11. The number of carbonyl (C=O) groups is 1. The van der Waals surface area contributed by atoms with Crippen molar-refractivity contribution < 1.29 is 4.79 Å². The average molecular weight is 389 g/mol. The van der Waals surface area contributed by atoms with Crippen molar-refractivity contribution in [1.29, 1.82) is 0 Å². The summed E-state index contributed by atoms with van der Waals surface area (Å²) < 4.78 is 1.68. The fourth-order valence-electron chi connectivity index (χ4n) is 1.55. The largest absolute Gasteiger partial charge is 0.345 e. The van der Waals surface area contributed by atoms with Crippen molar-refractivity contribution in [2.24, 2.45) is 0 Å². The van der Waals surface area contributed by atoms with Crippen molar-refractivity contribution in [3.05, 3.63) is 55.1 Å². The molecule has 0 spiro atoms. The third-order valence-electron chi connectivity index (χ3n) is 2.56. The summed E-state index contributed by atoms with van der Waals surface area (Å²) in [4.78, 5) is 12.2. The SMILES string of the molecule is CC(NC(=O)c1cc(Br)ccc1Br)c1ccsc1. The Kier molecular flexibility index (Phi) is 4.59.